The number of likely N-dealkylation sites (N-methyl/N-ethyl adjacent to an activating group) is 1. The molecular formula is C26H32N4O2. The van der Waals surface area contributed by atoms with E-state index in [0.29, 0.717) is 24.7 Å². The number of aromatic amines is 1. The van der Waals surface area contributed by atoms with E-state index in [1.54, 1.807) is 4.90 Å². The number of nitrogens with one attached hydrogen (secondary N) is 2. The standard InChI is InChI=1S/C26H32N4O2/c1-3-29-13-7-10-23(29)18-30(26(32)27-16-20-8-5-4-6-9-20)17-22-15-21-14-19(2)11-12-24(21)28-25(22)31/h4-6,8-9,11-12,14-15,23H,3,7,10,13,16-18H2,1-2H3,(H,27,32)(H,28,31). The van der Waals surface area contributed by atoms with Gasteiger partial charge in [-0.05, 0) is 62.0 Å². The molecule has 1 unspecified atom stereocenters. The summed E-state index contributed by atoms with van der Waals surface area (Å²) in [6.07, 6.45) is 2.22. The van der Waals surface area contributed by atoms with Crippen LogP contribution >= 0.6 is 0 Å². The molecule has 2 aromatic carbocycles. The normalized spacial score (nSPS) is 16.4. The predicted molar refractivity (Wildman–Crippen MR) is 129 cm³/mol. The number of carbonyl (C=O) groups excluding carboxylic acids is 1. The van der Waals surface area contributed by atoms with Crippen LogP contribution in [0.1, 0.15) is 36.5 Å². The molecule has 0 radical (unpaired) electrons. The largest absolute Gasteiger partial charge is 0.334 e. The van der Waals surface area contributed by atoms with Crippen molar-refractivity contribution >= 4 is 16.9 Å². The Kier molecular flexibility index (Phi) is 6.90. The summed E-state index contributed by atoms with van der Waals surface area (Å²) in [6, 6.07) is 18.0. The third-order valence-corrected chi connectivity index (χ3v) is 6.35. The van der Waals surface area contributed by atoms with Gasteiger partial charge in [-0.2, -0.15) is 0 Å². The topological polar surface area (TPSA) is 68.4 Å². The zero-order valence-corrected chi connectivity index (χ0v) is 18.9. The Morgan fingerprint density at radius 3 is 2.78 bits per heavy atom. The summed E-state index contributed by atoms with van der Waals surface area (Å²) < 4.78 is 0. The molecule has 6 nitrogen and oxygen atoms in total. The summed E-state index contributed by atoms with van der Waals surface area (Å²) in [7, 11) is 0. The van der Waals surface area contributed by atoms with E-state index < -0.39 is 0 Å². The summed E-state index contributed by atoms with van der Waals surface area (Å²) in [5.41, 5.74) is 3.48. The highest BCUT2D eigenvalue weighted by molar-refractivity contribution is 5.80. The number of amides is 2. The first kappa shape index (κ1) is 22.1. The lowest BCUT2D eigenvalue weighted by molar-refractivity contribution is 0.164. The minimum absolute atomic E-state index is 0.138. The Morgan fingerprint density at radius 2 is 2.00 bits per heavy atom. The van der Waals surface area contributed by atoms with Crippen molar-refractivity contribution in [3.63, 3.8) is 0 Å². The molecule has 0 spiro atoms. The Hall–Kier alpha value is -3.12. The molecule has 2 heterocycles. The molecule has 168 valence electrons. The smallest absolute Gasteiger partial charge is 0.318 e. The molecule has 32 heavy (non-hydrogen) atoms. The van der Waals surface area contributed by atoms with Crippen LogP contribution in [0, 0.1) is 6.92 Å². The lowest BCUT2D eigenvalue weighted by atomic mass is 10.1. The molecule has 0 aliphatic carbocycles. The first-order valence-corrected chi connectivity index (χ1v) is 11.5. The van der Waals surface area contributed by atoms with E-state index in [2.05, 4.69) is 28.2 Å². The average Bonchev–Trinajstić information content (AvgIpc) is 3.25. The van der Waals surface area contributed by atoms with Crippen molar-refractivity contribution in [2.24, 2.45) is 0 Å². The van der Waals surface area contributed by atoms with E-state index in [9.17, 15) is 9.59 Å². The monoisotopic (exact) mass is 432 g/mol. The van der Waals surface area contributed by atoms with Gasteiger partial charge in [-0.1, -0.05) is 48.9 Å². The number of hydrogen-bond donors (Lipinski definition) is 2. The number of fused-ring (bicyclic) bond motifs is 1. The van der Waals surface area contributed by atoms with Crippen molar-refractivity contribution in [2.45, 2.75) is 45.8 Å². The zero-order chi connectivity index (χ0) is 22.5. The summed E-state index contributed by atoms with van der Waals surface area (Å²) >= 11 is 0. The van der Waals surface area contributed by atoms with Gasteiger partial charge in [-0.25, -0.2) is 4.79 Å². The molecule has 1 aliphatic heterocycles. The Balaban J connectivity index is 1.56. The third-order valence-electron chi connectivity index (χ3n) is 6.35. The Labute approximate surface area is 189 Å². The van der Waals surface area contributed by atoms with E-state index in [0.717, 1.165) is 48.0 Å². The third kappa shape index (κ3) is 5.19. The molecule has 4 rings (SSSR count). The van der Waals surface area contributed by atoms with Crippen LogP contribution in [0.2, 0.25) is 0 Å². The SMILES string of the molecule is CCN1CCCC1CN(Cc1cc2cc(C)ccc2[nH]c1=O)C(=O)NCc1ccccc1. The summed E-state index contributed by atoms with van der Waals surface area (Å²) in [5.74, 6) is 0. The van der Waals surface area contributed by atoms with Crippen LogP contribution < -0.4 is 10.9 Å². The number of rotatable bonds is 7. The Bertz CT molecular complexity index is 1130. The van der Waals surface area contributed by atoms with Gasteiger partial charge in [0.1, 0.15) is 0 Å². The number of aryl methyl sites for hydroxylation is 1. The highest BCUT2D eigenvalue weighted by Gasteiger charge is 2.27. The van der Waals surface area contributed by atoms with E-state index in [1.807, 2.05) is 55.5 Å². The van der Waals surface area contributed by atoms with Crippen molar-refractivity contribution in [2.75, 3.05) is 19.6 Å². The van der Waals surface area contributed by atoms with Crippen molar-refractivity contribution < 1.29 is 4.79 Å². The zero-order valence-electron chi connectivity index (χ0n) is 18.9. The van der Waals surface area contributed by atoms with Crippen molar-refractivity contribution in [3.8, 4) is 0 Å². The van der Waals surface area contributed by atoms with E-state index >= 15 is 0 Å². The number of carbonyl (C=O) groups is 1. The summed E-state index contributed by atoms with van der Waals surface area (Å²) in [4.78, 5) is 33.2. The molecule has 1 fully saturated rings. The molecule has 1 aromatic heterocycles. The van der Waals surface area contributed by atoms with Gasteiger partial charge >= 0.3 is 6.03 Å². The second-order valence-electron chi connectivity index (χ2n) is 8.66. The minimum Gasteiger partial charge on any atom is -0.334 e. The van der Waals surface area contributed by atoms with E-state index in [1.165, 1.54) is 0 Å². The number of H-pyrrole nitrogens is 1. The number of benzene rings is 2. The van der Waals surface area contributed by atoms with Crippen LogP contribution in [0.15, 0.2) is 59.4 Å². The van der Waals surface area contributed by atoms with Gasteiger partial charge in [0.25, 0.3) is 5.56 Å². The fourth-order valence-electron chi connectivity index (χ4n) is 4.57. The van der Waals surface area contributed by atoms with Gasteiger partial charge in [0, 0.05) is 30.2 Å². The molecule has 3 aromatic rings. The summed E-state index contributed by atoms with van der Waals surface area (Å²) in [6.45, 7) is 7.59. The van der Waals surface area contributed by atoms with Crippen molar-refractivity contribution in [1.29, 1.82) is 0 Å². The maximum atomic E-state index is 13.2. The molecule has 1 saturated heterocycles. The van der Waals surface area contributed by atoms with Crippen LogP contribution in [-0.2, 0) is 13.1 Å². The number of pyridine rings is 1. The molecule has 6 heteroatoms. The minimum atomic E-state index is -0.138. The molecule has 2 N–H and O–H groups in total. The average molecular weight is 433 g/mol. The van der Waals surface area contributed by atoms with Gasteiger partial charge in [0.2, 0.25) is 0 Å². The molecule has 1 atom stereocenters. The van der Waals surface area contributed by atoms with Gasteiger partial charge in [-0.3, -0.25) is 9.69 Å². The molecular weight excluding hydrogens is 400 g/mol. The van der Waals surface area contributed by atoms with Crippen LogP contribution in [-0.4, -0.2) is 46.5 Å². The lowest BCUT2D eigenvalue weighted by Crippen LogP contribution is -2.47. The fourth-order valence-corrected chi connectivity index (χ4v) is 4.57. The molecule has 0 saturated carbocycles. The molecule has 1 aliphatic rings. The maximum absolute atomic E-state index is 13.2. The highest BCUT2D eigenvalue weighted by atomic mass is 16.2. The van der Waals surface area contributed by atoms with Crippen LogP contribution in [0.4, 0.5) is 4.79 Å². The highest BCUT2D eigenvalue weighted by Crippen LogP contribution is 2.19. The molecule has 2 amide bonds. The second kappa shape index (κ2) is 10.0. The maximum Gasteiger partial charge on any atom is 0.318 e. The van der Waals surface area contributed by atoms with Crippen LogP contribution in [0.3, 0.4) is 0 Å². The lowest BCUT2D eigenvalue weighted by Gasteiger charge is -2.30. The van der Waals surface area contributed by atoms with Crippen molar-refractivity contribution in [1.82, 2.24) is 20.1 Å². The first-order chi connectivity index (χ1) is 15.5. The van der Waals surface area contributed by atoms with Gasteiger partial charge in [0.15, 0.2) is 0 Å². The fraction of sp³-hybridized carbons (Fsp3) is 0.385. The van der Waals surface area contributed by atoms with Crippen LogP contribution in [0.5, 0.6) is 0 Å². The number of hydrogen-bond acceptors (Lipinski definition) is 3. The van der Waals surface area contributed by atoms with Gasteiger partial charge < -0.3 is 15.2 Å². The number of aromatic nitrogens is 1. The number of urea groups is 1. The number of nitrogens with zero attached hydrogens (tertiary/aromatic N) is 2. The van der Waals surface area contributed by atoms with E-state index in [-0.39, 0.29) is 18.1 Å². The predicted octanol–water partition coefficient (Wildman–Crippen LogP) is 4.03. The Morgan fingerprint density at radius 1 is 1.19 bits per heavy atom. The first-order valence-electron chi connectivity index (χ1n) is 11.5. The van der Waals surface area contributed by atoms with E-state index in [4.69, 9.17) is 0 Å². The van der Waals surface area contributed by atoms with Gasteiger partial charge in [0.05, 0.1) is 6.54 Å². The van der Waals surface area contributed by atoms with Crippen LogP contribution in [0.25, 0.3) is 10.9 Å². The molecule has 0 bridgehead atoms. The van der Waals surface area contributed by atoms with Crippen molar-refractivity contribution in [3.05, 3.63) is 81.6 Å². The second-order valence-corrected chi connectivity index (χ2v) is 8.66. The quantitative estimate of drug-likeness (QED) is 0.592. The van der Waals surface area contributed by atoms with Gasteiger partial charge in [-0.15, -0.1) is 0 Å². The summed E-state index contributed by atoms with van der Waals surface area (Å²) in [5, 5.41) is 4.03. The number of likely N-dealkylation sites (tertiary alicyclic amines) is 1.